The van der Waals surface area contributed by atoms with Gasteiger partial charge in [-0.2, -0.15) is 0 Å². The minimum atomic E-state index is -0.798. The number of amides is 1. The van der Waals surface area contributed by atoms with Gasteiger partial charge >= 0.3 is 0 Å². The van der Waals surface area contributed by atoms with E-state index in [0.29, 0.717) is 26.4 Å². The van der Waals surface area contributed by atoms with E-state index in [-0.39, 0.29) is 24.3 Å². The molecule has 0 aromatic heterocycles. The molecule has 0 radical (unpaired) electrons. The third-order valence-electron chi connectivity index (χ3n) is 7.66. The monoisotopic (exact) mass is 541 g/mol. The van der Waals surface area contributed by atoms with E-state index < -0.39 is 18.2 Å². The normalized spacial score (nSPS) is 21.9. The Bertz CT molecular complexity index is 1080. The molecule has 2 heterocycles. The van der Waals surface area contributed by atoms with E-state index in [1.165, 1.54) is 0 Å². The van der Waals surface area contributed by atoms with Crippen LogP contribution in [0.15, 0.2) is 42.5 Å². The molecular weight excluding hydrogens is 498 g/mol. The molecule has 3 N–H and O–H groups in total. The predicted molar refractivity (Wildman–Crippen MR) is 150 cm³/mol. The standard InChI is InChI=1S/C30H43N3O6/c1-20(2)29(31)30(35)33-17-25(34)28(22-7-9-23(37-4)10-8-22)27(18-33)39-19-21-6-11-26-24(16-21)32(13-15-38-26)12-5-14-36-3/h6-11,16,20,25,27-29,34H,5,12-15,17-19,31H2,1-4H3/t25-,27+,28+,29?/m1/s1. The van der Waals surface area contributed by atoms with E-state index in [1.807, 2.05) is 50.2 Å². The largest absolute Gasteiger partial charge is 0.497 e. The second kappa shape index (κ2) is 13.5. The van der Waals surface area contributed by atoms with E-state index in [9.17, 15) is 9.90 Å². The van der Waals surface area contributed by atoms with Crippen LogP contribution >= 0.6 is 0 Å². The van der Waals surface area contributed by atoms with Crippen LogP contribution in [-0.4, -0.2) is 87.8 Å². The van der Waals surface area contributed by atoms with Crippen LogP contribution in [0.5, 0.6) is 11.5 Å². The number of rotatable bonds is 11. The molecule has 2 aliphatic rings. The van der Waals surface area contributed by atoms with Crippen molar-refractivity contribution in [1.29, 1.82) is 0 Å². The molecule has 0 saturated carbocycles. The molecule has 1 fully saturated rings. The van der Waals surface area contributed by atoms with Gasteiger partial charge in [0.25, 0.3) is 0 Å². The quantitative estimate of drug-likeness (QED) is 0.419. The smallest absolute Gasteiger partial charge is 0.239 e. The molecule has 1 amide bonds. The Hall–Kier alpha value is -2.85. The topological polar surface area (TPSA) is 107 Å². The fourth-order valence-corrected chi connectivity index (χ4v) is 5.33. The molecule has 0 bridgehead atoms. The Morgan fingerprint density at radius 3 is 2.62 bits per heavy atom. The van der Waals surface area contributed by atoms with Gasteiger partial charge in [0.2, 0.25) is 5.91 Å². The number of aliphatic hydroxyl groups excluding tert-OH is 1. The van der Waals surface area contributed by atoms with Gasteiger partial charge in [0.1, 0.15) is 18.1 Å². The van der Waals surface area contributed by atoms with Gasteiger partial charge < -0.3 is 39.6 Å². The van der Waals surface area contributed by atoms with Crippen molar-refractivity contribution >= 4 is 11.6 Å². The number of hydrogen-bond acceptors (Lipinski definition) is 8. The number of β-amino-alcohol motifs (C(OH)–C–C–N with tert-alkyl or cyclic N) is 1. The first-order valence-corrected chi connectivity index (χ1v) is 13.8. The number of piperidine rings is 1. The van der Waals surface area contributed by atoms with Crippen LogP contribution in [0, 0.1) is 5.92 Å². The summed E-state index contributed by atoms with van der Waals surface area (Å²) in [4.78, 5) is 17.1. The van der Waals surface area contributed by atoms with Gasteiger partial charge in [-0.05, 0) is 47.7 Å². The van der Waals surface area contributed by atoms with Gasteiger partial charge in [0.05, 0.1) is 44.2 Å². The first kappa shape index (κ1) is 29.1. The van der Waals surface area contributed by atoms with Gasteiger partial charge in [0, 0.05) is 39.3 Å². The van der Waals surface area contributed by atoms with Gasteiger partial charge in [-0.25, -0.2) is 0 Å². The number of hydrogen-bond donors (Lipinski definition) is 2. The number of nitrogens with two attached hydrogens (primary N) is 1. The zero-order valence-corrected chi connectivity index (χ0v) is 23.5. The van der Waals surface area contributed by atoms with Gasteiger partial charge in [-0.1, -0.05) is 32.0 Å². The van der Waals surface area contributed by atoms with Crippen molar-refractivity contribution in [1.82, 2.24) is 4.90 Å². The SMILES string of the molecule is COCCCN1CCOc2ccc(CO[C@H]3CN(C(=O)C(N)C(C)C)C[C@@H](O)[C@@H]3c3ccc(OC)cc3)cc21. The van der Waals surface area contributed by atoms with Crippen molar-refractivity contribution in [3.63, 3.8) is 0 Å². The molecule has 2 aromatic carbocycles. The zero-order chi connectivity index (χ0) is 27.9. The van der Waals surface area contributed by atoms with E-state index in [2.05, 4.69) is 11.0 Å². The summed E-state index contributed by atoms with van der Waals surface area (Å²) >= 11 is 0. The number of aliphatic hydroxyl groups is 1. The van der Waals surface area contributed by atoms with Gasteiger partial charge in [-0.3, -0.25) is 4.79 Å². The lowest BCUT2D eigenvalue weighted by molar-refractivity contribution is -0.144. The molecule has 2 aliphatic heterocycles. The number of fused-ring (bicyclic) bond motifs is 1. The molecule has 0 spiro atoms. The van der Waals surface area contributed by atoms with Crippen LogP contribution in [-0.2, 0) is 20.9 Å². The average molecular weight is 542 g/mol. The maximum absolute atomic E-state index is 13.1. The lowest BCUT2D eigenvalue weighted by Gasteiger charge is -2.43. The Balaban J connectivity index is 1.54. The zero-order valence-electron chi connectivity index (χ0n) is 23.5. The van der Waals surface area contributed by atoms with Crippen molar-refractivity contribution < 1.29 is 28.8 Å². The second-order valence-corrected chi connectivity index (χ2v) is 10.7. The molecular formula is C30H43N3O6. The van der Waals surface area contributed by atoms with Crippen LogP contribution in [0.4, 0.5) is 5.69 Å². The van der Waals surface area contributed by atoms with Crippen molar-refractivity contribution in [3.05, 3.63) is 53.6 Å². The Morgan fingerprint density at radius 2 is 1.92 bits per heavy atom. The highest BCUT2D eigenvalue weighted by molar-refractivity contribution is 5.82. The maximum Gasteiger partial charge on any atom is 0.239 e. The van der Waals surface area contributed by atoms with Crippen LogP contribution in [0.2, 0.25) is 0 Å². The average Bonchev–Trinajstić information content (AvgIpc) is 2.95. The third-order valence-corrected chi connectivity index (χ3v) is 7.66. The molecule has 4 rings (SSSR count). The summed E-state index contributed by atoms with van der Waals surface area (Å²) < 4.78 is 22.9. The third kappa shape index (κ3) is 7.03. The second-order valence-electron chi connectivity index (χ2n) is 10.7. The van der Waals surface area contributed by atoms with E-state index in [0.717, 1.165) is 47.8 Å². The molecule has 9 heteroatoms. The molecule has 9 nitrogen and oxygen atoms in total. The summed E-state index contributed by atoms with van der Waals surface area (Å²) in [6, 6.07) is 13.2. The molecule has 39 heavy (non-hydrogen) atoms. The maximum atomic E-state index is 13.1. The van der Waals surface area contributed by atoms with Gasteiger partial charge in [0.15, 0.2) is 0 Å². The Kier molecular flexibility index (Phi) is 10.1. The number of carbonyl (C=O) groups excluding carboxylic acids is 1. The number of ether oxygens (including phenoxy) is 4. The van der Waals surface area contributed by atoms with Crippen LogP contribution in [0.3, 0.4) is 0 Å². The summed E-state index contributed by atoms with van der Waals surface area (Å²) in [5, 5.41) is 11.3. The summed E-state index contributed by atoms with van der Waals surface area (Å²) in [7, 11) is 3.34. The summed E-state index contributed by atoms with van der Waals surface area (Å²) in [5.41, 5.74) is 9.19. The Labute approximate surface area is 231 Å². The predicted octanol–water partition coefficient (Wildman–Crippen LogP) is 2.79. The van der Waals surface area contributed by atoms with Crippen molar-refractivity contribution in [2.75, 3.05) is 58.5 Å². The lowest BCUT2D eigenvalue weighted by atomic mass is 9.84. The lowest BCUT2D eigenvalue weighted by Crippen LogP contribution is -2.57. The van der Waals surface area contributed by atoms with Crippen LogP contribution in [0.1, 0.15) is 37.3 Å². The van der Waals surface area contributed by atoms with E-state index in [1.54, 1.807) is 19.1 Å². The van der Waals surface area contributed by atoms with Gasteiger partial charge in [-0.15, -0.1) is 0 Å². The first-order valence-electron chi connectivity index (χ1n) is 13.8. The summed E-state index contributed by atoms with van der Waals surface area (Å²) in [5.74, 6) is 1.14. The number of methoxy groups -OCH3 is 2. The highest BCUT2D eigenvalue weighted by Crippen LogP contribution is 2.35. The molecule has 4 atom stereocenters. The first-order chi connectivity index (χ1) is 18.8. The Morgan fingerprint density at radius 1 is 1.15 bits per heavy atom. The van der Waals surface area contributed by atoms with Crippen LogP contribution < -0.4 is 20.1 Å². The number of likely N-dealkylation sites (tertiary alicyclic amines) is 1. The minimum absolute atomic E-state index is 0.00197. The number of benzene rings is 2. The van der Waals surface area contributed by atoms with Crippen molar-refractivity contribution in [2.24, 2.45) is 11.7 Å². The minimum Gasteiger partial charge on any atom is -0.497 e. The molecule has 214 valence electrons. The van der Waals surface area contributed by atoms with Crippen LogP contribution in [0.25, 0.3) is 0 Å². The number of nitrogens with zero attached hydrogens (tertiary/aromatic N) is 2. The highest BCUT2D eigenvalue weighted by atomic mass is 16.5. The van der Waals surface area contributed by atoms with E-state index in [4.69, 9.17) is 24.7 Å². The summed E-state index contributed by atoms with van der Waals surface area (Å²) in [6.07, 6.45) is -0.285. The summed E-state index contributed by atoms with van der Waals surface area (Å²) in [6.45, 7) is 7.82. The fraction of sp³-hybridized carbons (Fsp3) is 0.567. The number of anilines is 1. The van der Waals surface area contributed by atoms with E-state index >= 15 is 0 Å². The number of carbonyl (C=O) groups is 1. The molecule has 2 aromatic rings. The van der Waals surface area contributed by atoms with Crippen molar-refractivity contribution in [3.8, 4) is 11.5 Å². The van der Waals surface area contributed by atoms with Crippen molar-refractivity contribution in [2.45, 2.75) is 51.0 Å². The highest BCUT2D eigenvalue weighted by Gasteiger charge is 2.40. The molecule has 0 aliphatic carbocycles. The molecule has 1 unspecified atom stereocenters. The fourth-order valence-electron chi connectivity index (χ4n) is 5.33. The molecule has 1 saturated heterocycles.